The Hall–Kier alpha value is -2.86. The van der Waals surface area contributed by atoms with E-state index in [0.717, 1.165) is 5.56 Å². The summed E-state index contributed by atoms with van der Waals surface area (Å²) >= 11 is 0. The fraction of sp³-hybridized carbons (Fsp3) is 0.300. The van der Waals surface area contributed by atoms with Crippen molar-refractivity contribution in [2.75, 3.05) is 11.4 Å². The van der Waals surface area contributed by atoms with Crippen LogP contribution in [0.25, 0.3) is 0 Å². The van der Waals surface area contributed by atoms with Gasteiger partial charge in [0.2, 0.25) is 0 Å². The highest BCUT2D eigenvalue weighted by molar-refractivity contribution is 5.95. The van der Waals surface area contributed by atoms with Gasteiger partial charge in [0.15, 0.2) is 0 Å². The molecule has 1 atom stereocenters. The summed E-state index contributed by atoms with van der Waals surface area (Å²) in [5.41, 5.74) is 6.83. The lowest BCUT2D eigenvalue weighted by molar-refractivity contribution is -0.138. The number of rotatable bonds is 9. The third-order valence-electron chi connectivity index (χ3n) is 3.96. The lowest BCUT2D eigenvalue weighted by atomic mass is 10.1. The third kappa shape index (κ3) is 5.60. The molecule has 0 fully saturated rings. The Labute approximate surface area is 153 Å². The Morgan fingerprint density at radius 3 is 2.19 bits per heavy atom. The molecule has 0 saturated carbocycles. The van der Waals surface area contributed by atoms with Crippen molar-refractivity contribution in [2.24, 2.45) is 5.73 Å². The molecule has 3 N–H and O–H groups in total. The van der Waals surface area contributed by atoms with Gasteiger partial charge in [0.05, 0.1) is 0 Å². The molecule has 2 rings (SSSR count). The summed E-state index contributed by atoms with van der Waals surface area (Å²) in [6.07, 6.45) is 0.941. The van der Waals surface area contributed by atoms with E-state index in [-0.39, 0.29) is 6.61 Å². The molecule has 0 aromatic heterocycles. The van der Waals surface area contributed by atoms with Crippen LogP contribution < -0.4 is 10.6 Å². The van der Waals surface area contributed by atoms with Gasteiger partial charge in [0, 0.05) is 5.69 Å². The van der Waals surface area contributed by atoms with Gasteiger partial charge in [-0.05, 0) is 43.5 Å². The van der Waals surface area contributed by atoms with Crippen LogP contribution in [0.15, 0.2) is 60.7 Å². The molecular formula is C20H24N2O4. The number of carbonyl (C=O) groups is 2. The van der Waals surface area contributed by atoms with Crippen molar-refractivity contribution in [3.05, 3.63) is 66.2 Å². The van der Waals surface area contributed by atoms with Crippen LogP contribution in [-0.2, 0) is 16.1 Å². The first-order chi connectivity index (χ1) is 12.6. The summed E-state index contributed by atoms with van der Waals surface area (Å²) in [7, 11) is 0. The van der Waals surface area contributed by atoms with Gasteiger partial charge in [0.1, 0.15) is 12.6 Å². The second kappa shape index (κ2) is 10.2. The molecule has 6 heteroatoms. The van der Waals surface area contributed by atoms with Crippen LogP contribution in [0.3, 0.4) is 0 Å². The lowest BCUT2D eigenvalue weighted by Gasteiger charge is -2.28. The van der Waals surface area contributed by atoms with E-state index in [1.165, 1.54) is 4.90 Å². The Morgan fingerprint density at radius 1 is 1.00 bits per heavy atom. The zero-order valence-electron chi connectivity index (χ0n) is 14.6. The first-order valence-electron chi connectivity index (χ1n) is 8.61. The van der Waals surface area contributed by atoms with Crippen LogP contribution in [0.5, 0.6) is 0 Å². The number of carboxylic acid groups (broad SMARTS) is 1. The van der Waals surface area contributed by atoms with Crippen LogP contribution in [0, 0.1) is 0 Å². The number of hydrogen-bond donors (Lipinski definition) is 2. The monoisotopic (exact) mass is 356 g/mol. The number of para-hydroxylation sites is 1. The fourth-order valence-corrected chi connectivity index (χ4v) is 2.64. The molecule has 0 saturated heterocycles. The van der Waals surface area contributed by atoms with Crippen LogP contribution in [-0.4, -0.2) is 29.8 Å². The fourth-order valence-electron chi connectivity index (χ4n) is 2.64. The van der Waals surface area contributed by atoms with Crippen molar-refractivity contribution in [2.45, 2.75) is 31.9 Å². The van der Waals surface area contributed by atoms with E-state index in [0.29, 0.717) is 31.5 Å². The molecule has 0 aliphatic carbocycles. The minimum atomic E-state index is -1.07. The molecule has 1 amide bonds. The van der Waals surface area contributed by atoms with E-state index in [2.05, 4.69) is 0 Å². The Kier molecular flexibility index (Phi) is 7.64. The largest absolute Gasteiger partial charge is 0.480 e. The average Bonchev–Trinajstić information content (AvgIpc) is 2.67. The van der Waals surface area contributed by atoms with Gasteiger partial charge in [0.25, 0.3) is 0 Å². The lowest BCUT2D eigenvalue weighted by Crippen LogP contribution is -2.45. The number of amides is 1. The molecule has 2 aromatic carbocycles. The van der Waals surface area contributed by atoms with Crippen LogP contribution in [0.1, 0.15) is 24.8 Å². The molecule has 0 aliphatic heterocycles. The second-order valence-electron chi connectivity index (χ2n) is 5.88. The smallest absolute Gasteiger partial charge is 0.415 e. The molecule has 0 heterocycles. The van der Waals surface area contributed by atoms with E-state index in [4.69, 9.17) is 10.5 Å². The molecule has 0 radical (unpaired) electrons. The summed E-state index contributed by atoms with van der Waals surface area (Å²) in [5, 5.41) is 9.66. The predicted octanol–water partition coefficient (Wildman–Crippen LogP) is 3.41. The number of hydrogen-bond acceptors (Lipinski definition) is 4. The van der Waals surface area contributed by atoms with Crippen molar-refractivity contribution < 1.29 is 19.4 Å². The molecule has 138 valence electrons. The van der Waals surface area contributed by atoms with Gasteiger partial charge in [-0.2, -0.15) is 0 Å². The SMILES string of the molecule is NCCCC[C@@H](C(=O)O)N(C(=O)OCc1ccccc1)c1ccccc1. The van der Waals surface area contributed by atoms with Crippen LogP contribution in [0.4, 0.5) is 10.5 Å². The summed E-state index contributed by atoms with van der Waals surface area (Å²) < 4.78 is 5.38. The van der Waals surface area contributed by atoms with Gasteiger partial charge < -0.3 is 15.6 Å². The first-order valence-corrected chi connectivity index (χ1v) is 8.61. The predicted molar refractivity (Wildman–Crippen MR) is 99.9 cm³/mol. The number of aliphatic carboxylic acids is 1. The van der Waals surface area contributed by atoms with Crippen molar-refractivity contribution in [3.8, 4) is 0 Å². The Morgan fingerprint density at radius 2 is 1.62 bits per heavy atom. The number of benzene rings is 2. The second-order valence-corrected chi connectivity index (χ2v) is 5.88. The molecule has 26 heavy (non-hydrogen) atoms. The average molecular weight is 356 g/mol. The maximum absolute atomic E-state index is 12.7. The molecule has 0 aliphatic rings. The highest BCUT2D eigenvalue weighted by Gasteiger charge is 2.31. The quantitative estimate of drug-likeness (QED) is 0.672. The number of ether oxygens (including phenoxy) is 1. The van der Waals surface area contributed by atoms with E-state index in [1.54, 1.807) is 30.3 Å². The number of unbranched alkanes of at least 4 members (excludes halogenated alkanes) is 1. The number of anilines is 1. The zero-order valence-corrected chi connectivity index (χ0v) is 14.6. The van der Waals surface area contributed by atoms with Crippen LogP contribution in [0.2, 0.25) is 0 Å². The summed E-state index contributed by atoms with van der Waals surface area (Å²) in [5.74, 6) is -1.07. The minimum Gasteiger partial charge on any atom is -0.480 e. The summed E-state index contributed by atoms with van der Waals surface area (Å²) in [6, 6.07) is 17.0. The first kappa shape index (κ1) is 19.5. The third-order valence-corrected chi connectivity index (χ3v) is 3.96. The molecular weight excluding hydrogens is 332 g/mol. The highest BCUT2D eigenvalue weighted by atomic mass is 16.6. The number of nitrogens with two attached hydrogens (primary N) is 1. The van der Waals surface area contributed by atoms with Crippen LogP contribution >= 0.6 is 0 Å². The van der Waals surface area contributed by atoms with Gasteiger partial charge in [-0.1, -0.05) is 48.5 Å². The zero-order chi connectivity index (χ0) is 18.8. The number of carbonyl (C=O) groups excluding carboxylic acids is 1. The van der Waals surface area contributed by atoms with E-state index < -0.39 is 18.1 Å². The normalized spacial score (nSPS) is 11.6. The summed E-state index contributed by atoms with van der Waals surface area (Å²) in [4.78, 5) is 25.7. The molecule has 2 aromatic rings. The molecule has 6 nitrogen and oxygen atoms in total. The van der Waals surface area contributed by atoms with E-state index >= 15 is 0 Å². The molecule has 0 bridgehead atoms. The highest BCUT2D eigenvalue weighted by Crippen LogP contribution is 2.22. The molecule has 0 unspecified atom stereocenters. The van der Waals surface area contributed by atoms with Gasteiger partial charge in [-0.25, -0.2) is 9.59 Å². The van der Waals surface area contributed by atoms with Gasteiger partial charge >= 0.3 is 12.1 Å². The number of carboxylic acids is 1. The topological polar surface area (TPSA) is 92.9 Å². The number of nitrogens with zero attached hydrogens (tertiary/aromatic N) is 1. The standard InChI is InChI=1S/C20H24N2O4/c21-14-8-7-13-18(19(23)24)22(17-11-5-2-6-12-17)20(25)26-15-16-9-3-1-4-10-16/h1-6,9-12,18H,7-8,13-15,21H2,(H,23,24)/t18-/m0/s1. The minimum absolute atomic E-state index is 0.0815. The Balaban J connectivity index is 2.18. The van der Waals surface area contributed by atoms with Crippen molar-refractivity contribution >= 4 is 17.7 Å². The molecule has 0 spiro atoms. The van der Waals surface area contributed by atoms with E-state index in [1.807, 2.05) is 30.3 Å². The summed E-state index contributed by atoms with van der Waals surface area (Å²) in [6.45, 7) is 0.564. The van der Waals surface area contributed by atoms with Crippen molar-refractivity contribution in [3.63, 3.8) is 0 Å². The van der Waals surface area contributed by atoms with Crippen molar-refractivity contribution in [1.29, 1.82) is 0 Å². The van der Waals surface area contributed by atoms with Gasteiger partial charge in [-0.15, -0.1) is 0 Å². The van der Waals surface area contributed by atoms with Gasteiger partial charge in [-0.3, -0.25) is 4.90 Å². The maximum atomic E-state index is 12.7. The maximum Gasteiger partial charge on any atom is 0.415 e. The van der Waals surface area contributed by atoms with Crippen molar-refractivity contribution in [1.82, 2.24) is 0 Å². The van der Waals surface area contributed by atoms with E-state index in [9.17, 15) is 14.7 Å². The Bertz CT molecular complexity index is 691.